The zero-order valence-corrected chi connectivity index (χ0v) is 9.57. The first kappa shape index (κ1) is 10.7. The first-order valence-electron chi connectivity index (χ1n) is 4.89. The molecule has 0 amide bonds. The monoisotopic (exact) mass is 231 g/mol. The van der Waals surface area contributed by atoms with E-state index in [9.17, 15) is 0 Å². The van der Waals surface area contributed by atoms with Crippen LogP contribution in [0.2, 0.25) is 5.15 Å². The number of rotatable bonds is 2. The largest absolute Gasteiger partial charge is 0.248 e. The average molecular weight is 232 g/mol. The fraction of sp³-hybridized carbons (Fsp3) is 0.167. The lowest BCUT2D eigenvalue weighted by Crippen LogP contribution is -2.01. The van der Waals surface area contributed by atoms with Crippen molar-refractivity contribution in [2.75, 3.05) is 0 Å². The molecule has 1 aromatic carbocycles. The molecular formula is C12H10ClN3. The van der Waals surface area contributed by atoms with Crippen molar-refractivity contribution in [3.8, 4) is 6.07 Å². The Hall–Kier alpha value is -1.79. The second-order valence-electron chi connectivity index (χ2n) is 3.51. The fourth-order valence-electron chi connectivity index (χ4n) is 1.54. The Labute approximate surface area is 98.9 Å². The Balaban J connectivity index is 2.34. The highest BCUT2D eigenvalue weighted by molar-refractivity contribution is 6.30. The van der Waals surface area contributed by atoms with Gasteiger partial charge in [0.1, 0.15) is 16.8 Å². The molecular weight excluding hydrogens is 222 g/mol. The van der Waals surface area contributed by atoms with Gasteiger partial charge in [-0.3, -0.25) is 0 Å². The Morgan fingerprint density at radius 2 is 2.06 bits per heavy atom. The summed E-state index contributed by atoms with van der Waals surface area (Å²) in [6.45, 7) is 2.37. The van der Waals surface area contributed by atoms with Gasteiger partial charge in [-0.25, -0.2) is 4.68 Å². The standard InChI is InChI=1S/C12H10ClN3/c1-9-11(7-14)12(13)16(15-9)8-10-5-3-2-4-6-10/h2-6H,8H2,1H3. The van der Waals surface area contributed by atoms with Crippen molar-refractivity contribution in [2.24, 2.45) is 0 Å². The van der Waals surface area contributed by atoms with Crippen LogP contribution in [-0.2, 0) is 6.54 Å². The molecule has 0 aliphatic heterocycles. The van der Waals surface area contributed by atoms with Crippen LogP contribution in [0.4, 0.5) is 0 Å². The molecule has 1 aromatic heterocycles. The number of nitrogens with zero attached hydrogens (tertiary/aromatic N) is 3. The third kappa shape index (κ3) is 1.93. The van der Waals surface area contributed by atoms with Gasteiger partial charge in [0.15, 0.2) is 0 Å². The van der Waals surface area contributed by atoms with E-state index in [4.69, 9.17) is 16.9 Å². The van der Waals surface area contributed by atoms with E-state index in [0.717, 1.165) is 5.56 Å². The summed E-state index contributed by atoms with van der Waals surface area (Å²) in [6, 6.07) is 11.9. The summed E-state index contributed by atoms with van der Waals surface area (Å²) >= 11 is 6.06. The van der Waals surface area contributed by atoms with Crippen LogP contribution in [-0.4, -0.2) is 9.78 Å². The normalized spacial score (nSPS) is 10.1. The summed E-state index contributed by atoms with van der Waals surface area (Å²) in [5.74, 6) is 0. The van der Waals surface area contributed by atoms with E-state index in [-0.39, 0.29) is 0 Å². The Morgan fingerprint density at radius 3 is 2.62 bits per heavy atom. The van der Waals surface area contributed by atoms with E-state index >= 15 is 0 Å². The van der Waals surface area contributed by atoms with Crippen LogP contribution in [0.5, 0.6) is 0 Å². The summed E-state index contributed by atoms with van der Waals surface area (Å²) in [6.07, 6.45) is 0. The van der Waals surface area contributed by atoms with Gasteiger partial charge >= 0.3 is 0 Å². The van der Waals surface area contributed by atoms with Gasteiger partial charge in [-0.1, -0.05) is 41.9 Å². The topological polar surface area (TPSA) is 41.6 Å². The molecule has 1 heterocycles. The number of aryl methyl sites for hydroxylation is 1. The van der Waals surface area contributed by atoms with Crippen LogP contribution in [0.1, 0.15) is 16.8 Å². The van der Waals surface area contributed by atoms with Gasteiger partial charge in [-0.2, -0.15) is 10.4 Å². The molecule has 0 N–H and O–H groups in total. The van der Waals surface area contributed by atoms with Gasteiger partial charge in [0.05, 0.1) is 12.2 Å². The zero-order chi connectivity index (χ0) is 11.5. The second-order valence-corrected chi connectivity index (χ2v) is 3.86. The lowest BCUT2D eigenvalue weighted by atomic mass is 10.2. The van der Waals surface area contributed by atoms with Gasteiger partial charge in [0.25, 0.3) is 0 Å². The van der Waals surface area contributed by atoms with Crippen LogP contribution in [0.15, 0.2) is 30.3 Å². The SMILES string of the molecule is Cc1nn(Cc2ccccc2)c(Cl)c1C#N. The predicted octanol–water partition coefficient (Wildman–Crippen LogP) is 2.76. The van der Waals surface area contributed by atoms with Crippen LogP contribution >= 0.6 is 11.6 Å². The summed E-state index contributed by atoms with van der Waals surface area (Å²) in [5, 5.41) is 13.5. The van der Waals surface area contributed by atoms with Crippen LogP contribution in [0.3, 0.4) is 0 Å². The van der Waals surface area contributed by atoms with Crippen molar-refractivity contribution in [1.82, 2.24) is 9.78 Å². The average Bonchev–Trinajstić information content (AvgIpc) is 2.55. The molecule has 16 heavy (non-hydrogen) atoms. The molecule has 0 unspecified atom stereocenters. The number of nitriles is 1. The minimum Gasteiger partial charge on any atom is -0.248 e. The van der Waals surface area contributed by atoms with Crippen molar-refractivity contribution in [3.63, 3.8) is 0 Å². The Bertz CT molecular complexity index is 537. The van der Waals surface area contributed by atoms with Gasteiger partial charge < -0.3 is 0 Å². The molecule has 2 rings (SSSR count). The number of benzene rings is 1. The van der Waals surface area contributed by atoms with Crippen molar-refractivity contribution in [1.29, 1.82) is 5.26 Å². The van der Waals surface area contributed by atoms with Crippen molar-refractivity contribution >= 4 is 11.6 Å². The maximum Gasteiger partial charge on any atom is 0.145 e. The first-order valence-corrected chi connectivity index (χ1v) is 5.27. The minimum absolute atomic E-state index is 0.406. The highest BCUT2D eigenvalue weighted by Gasteiger charge is 2.12. The molecule has 0 aliphatic rings. The van der Waals surface area contributed by atoms with Crippen molar-refractivity contribution in [2.45, 2.75) is 13.5 Å². The van der Waals surface area contributed by atoms with Gasteiger partial charge in [-0.15, -0.1) is 0 Å². The number of hydrogen-bond acceptors (Lipinski definition) is 2. The second kappa shape index (κ2) is 4.38. The molecule has 80 valence electrons. The maximum absolute atomic E-state index is 8.89. The maximum atomic E-state index is 8.89. The molecule has 3 nitrogen and oxygen atoms in total. The molecule has 0 saturated carbocycles. The Morgan fingerprint density at radius 1 is 1.38 bits per heavy atom. The summed E-state index contributed by atoms with van der Waals surface area (Å²) < 4.78 is 1.64. The van der Waals surface area contributed by atoms with Crippen LogP contribution < -0.4 is 0 Å². The highest BCUT2D eigenvalue weighted by Crippen LogP contribution is 2.19. The van der Waals surface area contributed by atoms with Crippen molar-refractivity contribution < 1.29 is 0 Å². The molecule has 0 aliphatic carbocycles. The van der Waals surface area contributed by atoms with Crippen LogP contribution in [0.25, 0.3) is 0 Å². The predicted molar refractivity (Wildman–Crippen MR) is 62.2 cm³/mol. The molecule has 0 saturated heterocycles. The molecule has 4 heteroatoms. The van der Waals surface area contributed by atoms with E-state index in [1.807, 2.05) is 30.3 Å². The third-order valence-corrected chi connectivity index (χ3v) is 2.74. The lowest BCUT2D eigenvalue weighted by molar-refractivity contribution is 0.680. The summed E-state index contributed by atoms with van der Waals surface area (Å²) in [5.41, 5.74) is 2.23. The fourth-order valence-corrected chi connectivity index (χ4v) is 1.82. The van der Waals surface area contributed by atoms with E-state index < -0.39 is 0 Å². The minimum atomic E-state index is 0.406. The molecule has 0 radical (unpaired) electrons. The summed E-state index contributed by atoms with van der Waals surface area (Å²) in [4.78, 5) is 0. The molecule has 0 bridgehead atoms. The zero-order valence-electron chi connectivity index (χ0n) is 8.81. The number of aromatic nitrogens is 2. The Kier molecular flexibility index (Phi) is 2.93. The lowest BCUT2D eigenvalue weighted by Gasteiger charge is -2.02. The first-order chi connectivity index (χ1) is 7.72. The highest BCUT2D eigenvalue weighted by atomic mass is 35.5. The third-order valence-electron chi connectivity index (χ3n) is 2.35. The molecule has 0 fully saturated rings. The van der Waals surface area contributed by atoms with Crippen molar-refractivity contribution in [3.05, 3.63) is 52.3 Å². The van der Waals surface area contributed by atoms with E-state index in [1.54, 1.807) is 11.6 Å². The quantitative estimate of drug-likeness (QED) is 0.798. The number of halogens is 1. The van der Waals surface area contributed by atoms with Gasteiger partial charge in [0.2, 0.25) is 0 Å². The molecule has 0 spiro atoms. The molecule has 0 atom stereocenters. The van der Waals surface area contributed by atoms with Gasteiger partial charge in [-0.05, 0) is 12.5 Å². The molecule has 2 aromatic rings. The van der Waals surface area contributed by atoms with Gasteiger partial charge in [0, 0.05) is 0 Å². The number of hydrogen-bond donors (Lipinski definition) is 0. The van der Waals surface area contributed by atoms with E-state index in [1.165, 1.54) is 0 Å². The van der Waals surface area contributed by atoms with E-state index in [0.29, 0.717) is 23.0 Å². The van der Waals surface area contributed by atoms with E-state index in [2.05, 4.69) is 11.2 Å². The smallest absolute Gasteiger partial charge is 0.145 e. The summed E-state index contributed by atoms with van der Waals surface area (Å²) in [7, 11) is 0. The van der Waals surface area contributed by atoms with Crippen LogP contribution in [0, 0.1) is 18.3 Å².